The number of rotatable bonds is 6. The van der Waals surface area contributed by atoms with Crippen LogP contribution in [-0.4, -0.2) is 41.2 Å². The fourth-order valence-corrected chi connectivity index (χ4v) is 6.61. The third kappa shape index (κ3) is 4.92. The number of carbonyl (C=O) groups is 2. The lowest BCUT2D eigenvalue weighted by Gasteiger charge is -2.44. The lowest BCUT2D eigenvalue weighted by Crippen LogP contribution is -2.50. The van der Waals surface area contributed by atoms with Gasteiger partial charge < -0.3 is 9.80 Å². The van der Waals surface area contributed by atoms with Crippen molar-refractivity contribution in [2.75, 3.05) is 19.6 Å². The van der Waals surface area contributed by atoms with Crippen LogP contribution in [0.3, 0.4) is 0 Å². The van der Waals surface area contributed by atoms with Gasteiger partial charge in [-0.3, -0.25) is 9.59 Å². The third-order valence-corrected chi connectivity index (χ3v) is 8.34. The zero-order chi connectivity index (χ0) is 24.4. The number of likely N-dealkylation sites (tertiary alicyclic amines) is 1. The summed E-state index contributed by atoms with van der Waals surface area (Å²) in [7, 11) is 0. The van der Waals surface area contributed by atoms with Crippen molar-refractivity contribution in [3.05, 3.63) is 93.7 Å². The summed E-state index contributed by atoms with van der Waals surface area (Å²) in [6.07, 6.45) is 3.12. The minimum atomic E-state index is -0.369. The molecular weight excluding hydrogens is 452 g/mol. The van der Waals surface area contributed by atoms with Crippen LogP contribution < -0.4 is 0 Å². The number of nitrogens with zero attached hydrogens (tertiary/aromatic N) is 2. The Labute approximate surface area is 212 Å². The van der Waals surface area contributed by atoms with E-state index in [0.717, 1.165) is 42.8 Å². The maximum atomic E-state index is 14.2. The first-order chi connectivity index (χ1) is 17.0. The third-order valence-electron chi connectivity index (χ3n) is 7.39. The number of fused-ring (bicyclic) bond motifs is 1. The maximum absolute atomic E-state index is 14.2. The Morgan fingerprint density at radius 3 is 2.37 bits per heavy atom. The maximum Gasteiger partial charge on any atom is 0.254 e. The highest BCUT2D eigenvalue weighted by molar-refractivity contribution is 7.10. The first-order valence-corrected chi connectivity index (χ1v) is 13.7. The van der Waals surface area contributed by atoms with Crippen molar-refractivity contribution in [3.63, 3.8) is 0 Å². The van der Waals surface area contributed by atoms with Crippen LogP contribution in [0.1, 0.15) is 65.0 Å². The Morgan fingerprint density at radius 1 is 0.971 bits per heavy atom. The number of piperidine rings is 1. The van der Waals surface area contributed by atoms with E-state index in [4.69, 9.17) is 0 Å². The Hall–Kier alpha value is -2.92. The van der Waals surface area contributed by atoms with Crippen LogP contribution in [0.2, 0.25) is 0 Å². The van der Waals surface area contributed by atoms with Crippen molar-refractivity contribution in [1.29, 1.82) is 0 Å². The van der Waals surface area contributed by atoms with Gasteiger partial charge in [0.2, 0.25) is 5.91 Å². The second kappa shape index (κ2) is 10.4. The minimum Gasteiger partial charge on any atom is -0.342 e. The molecule has 0 N–H and O–H groups in total. The van der Waals surface area contributed by atoms with E-state index >= 15 is 0 Å². The molecule has 0 aliphatic carbocycles. The largest absolute Gasteiger partial charge is 0.342 e. The molecule has 0 spiro atoms. The predicted octanol–water partition coefficient (Wildman–Crippen LogP) is 6.17. The van der Waals surface area contributed by atoms with Crippen LogP contribution >= 0.6 is 11.3 Å². The van der Waals surface area contributed by atoms with Gasteiger partial charge in [0.05, 0.1) is 12.0 Å². The molecule has 1 saturated heterocycles. The van der Waals surface area contributed by atoms with Crippen molar-refractivity contribution in [1.82, 2.24) is 9.80 Å². The smallest absolute Gasteiger partial charge is 0.254 e. The number of carbonyl (C=O) groups excluding carboxylic acids is 2. The molecule has 2 amide bonds. The van der Waals surface area contributed by atoms with E-state index in [2.05, 4.69) is 55.1 Å². The molecule has 1 fully saturated rings. The number of thiophene rings is 1. The first-order valence-electron chi connectivity index (χ1n) is 12.8. The zero-order valence-electron chi connectivity index (χ0n) is 20.6. The molecule has 0 unspecified atom stereocenters. The molecule has 5 heteroatoms. The van der Waals surface area contributed by atoms with E-state index in [-0.39, 0.29) is 23.8 Å². The molecule has 2 aliphatic rings. The molecule has 0 bridgehead atoms. The van der Waals surface area contributed by atoms with Crippen molar-refractivity contribution in [3.8, 4) is 0 Å². The minimum absolute atomic E-state index is 0.0401. The van der Waals surface area contributed by atoms with Gasteiger partial charge in [0.15, 0.2) is 0 Å². The van der Waals surface area contributed by atoms with Gasteiger partial charge in [-0.25, -0.2) is 0 Å². The summed E-state index contributed by atoms with van der Waals surface area (Å²) in [4.78, 5) is 33.0. The van der Waals surface area contributed by atoms with Gasteiger partial charge in [-0.05, 0) is 59.7 Å². The summed E-state index contributed by atoms with van der Waals surface area (Å²) in [5.41, 5.74) is 2.93. The lowest BCUT2D eigenvalue weighted by molar-refractivity contribution is -0.136. The van der Waals surface area contributed by atoms with Gasteiger partial charge in [-0.1, -0.05) is 68.4 Å². The summed E-state index contributed by atoms with van der Waals surface area (Å²) in [5.74, 6) is 0.754. The molecule has 3 heterocycles. The highest BCUT2D eigenvalue weighted by Gasteiger charge is 2.46. The summed E-state index contributed by atoms with van der Waals surface area (Å²) in [6.45, 7) is 6.47. The molecule has 3 aromatic rings. The van der Waals surface area contributed by atoms with Gasteiger partial charge in [-0.2, -0.15) is 0 Å². The van der Waals surface area contributed by atoms with Gasteiger partial charge in [0.25, 0.3) is 5.91 Å². The summed E-state index contributed by atoms with van der Waals surface area (Å²) < 4.78 is 0. The number of hydrogen-bond acceptors (Lipinski definition) is 3. The average molecular weight is 487 g/mol. The van der Waals surface area contributed by atoms with Crippen molar-refractivity contribution >= 4 is 23.2 Å². The quantitative estimate of drug-likeness (QED) is 0.418. The number of hydrogen-bond donors (Lipinski definition) is 0. The van der Waals surface area contributed by atoms with Crippen LogP contribution in [0.4, 0.5) is 0 Å². The number of amides is 2. The van der Waals surface area contributed by atoms with Gasteiger partial charge in [-0.15, -0.1) is 11.3 Å². The Kier molecular flexibility index (Phi) is 7.05. The molecule has 182 valence electrons. The number of benzene rings is 2. The highest BCUT2D eigenvalue weighted by Crippen LogP contribution is 2.45. The summed E-state index contributed by atoms with van der Waals surface area (Å²) in [6, 6.07) is 22.3. The molecule has 35 heavy (non-hydrogen) atoms. The van der Waals surface area contributed by atoms with E-state index in [0.29, 0.717) is 23.9 Å². The molecule has 2 atom stereocenters. The lowest BCUT2D eigenvalue weighted by atomic mass is 9.80. The van der Waals surface area contributed by atoms with Crippen LogP contribution in [-0.2, 0) is 11.2 Å². The molecule has 4 nitrogen and oxygen atoms in total. The van der Waals surface area contributed by atoms with E-state index in [1.54, 1.807) is 11.3 Å². The average Bonchev–Trinajstić information content (AvgIpc) is 3.41. The van der Waals surface area contributed by atoms with E-state index in [1.165, 1.54) is 5.56 Å². The van der Waals surface area contributed by atoms with Crippen molar-refractivity contribution in [2.45, 2.75) is 45.1 Å². The Bertz CT molecular complexity index is 1150. The Morgan fingerprint density at radius 2 is 1.69 bits per heavy atom. The van der Waals surface area contributed by atoms with E-state index < -0.39 is 0 Å². The molecule has 0 radical (unpaired) electrons. The molecule has 1 aromatic heterocycles. The van der Waals surface area contributed by atoms with Crippen LogP contribution in [0, 0.1) is 11.8 Å². The fourth-order valence-electron chi connectivity index (χ4n) is 5.73. The highest BCUT2D eigenvalue weighted by atomic mass is 32.1. The molecule has 5 rings (SSSR count). The second-order valence-corrected chi connectivity index (χ2v) is 11.3. The van der Waals surface area contributed by atoms with Gasteiger partial charge >= 0.3 is 0 Å². The fraction of sp³-hybridized carbons (Fsp3) is 0.400. The second-order valence-electron chi connectivity index (χ2n) is 10.3. The SMILES string of the molecule is CC(C)CN1C(=O)c2ccccc2[C@@H](C(=O)N2CCC(Cc3ccccc3)CC2)[C@H]1c1cccs1. The predicted molar refractivity (Wildman–Crippen MR) is 142 cm³/mol. The van der Waals surface area contributed by atoms with Crippen molar-refractivity contribution in [2.24, 2.45) is 11.8 Å². The zero-order valence-corrected chi connectivity index (χ0v) is 21.4. The van der Waals surface area contributed by atoms with Gasteiger partial charge in [0, 0.05) is 30.1 Å². The summed E-state index contributed by atoms with van der Waals surface area (Å²) >= 11 is 1.64. The molecule has 2 aliphatic heterocycles. The van der Waals surface area contributed by atoms with Crippen LogP contribution in [0.15, 0.2) is 72.1 Å². The normalized spacial score (nSPS) is 20.8. The van der Waals surface area contributed by atoms with Crippen molar-refractivity contribution < 1.29 is 9.59 Å². The monoisotopic (exact) mass is 486 g/mol. The molecule has 2 aromatic carbocycles. The van der Waals surface area contributed by atoms with Crippen LogP contribution in [0.25, 0.3) is 0 Å². The van der Waals surface area contributed by atoms with E-state index in [9.17, 15) is 9.59 Å². The standard InChI is InChI=1S/C30H34N2O2S/c1-21(2)20-32-28(26-13-8-18-35-26)27(24-11-6-7-12-25(24)29(32)33)30(34)31-16-14-23(15-17-31)19-22-9-4-3-5-10-22/h3-13,18,21,23,27-28H,14-17,19-20H2,1-2H3/t27-,28-/m1/s1. The van der Waals surface area contributed by atoms with E-state index in [1.807, 2.05) is 40.6 Å². The Balaban J connectivity index is 1.42. The molecule has 0 saturated carbocycles. The summed E-state index contributed by atoms with van der Waals surface area (Å²) in [5, 5.41) is 2.05. The molecular formula is C30H34N2O2S. The topological polar surface area (TPSA) is 40.6 Å². The first kappa shape index (κ1) is 23.8. The van der Waals surface area contributed by atoms with Gasteiger partial charge in [0.1, 0.15) is 0 Å². The van der Waals surface area contributed by atoms with Crippen LogP contribution in [0.5, 0.6) is 0 Å².